The van der Waals surface area contributed by atoms with Crippen molar-refractivity contribution in [1.82, 2.24) is 4.98 Å². The summed E-state index contributed by atoms with van der Waals surface area (Å²) in [6, 6.07) is 6.19. The highest BCUT2D eigenvalue weighted by atomic mass is 32.1. The third-order valence-electron chi connectivity index (χ3n) is 4.41. The maximum Gasteiger partial charge on any atom is 0.180 e. The quantitative estimate of drug-likeness (QED) is 0.937. The zero-order chi connectivity index (χ0) is 14.9. The summed E-state index contributed by atoms with van der Waals surface area (Å²) < 4.78 is 10.8. The fourth-order valence-electron chi connectivity index (χ4n) is 3.31. The van der Waals surface area contributed by atoms with Gasteiger partial charge in [0.2, 0.25) is 0 Å². The molecule has 4 nitrogen and oxygen atoms in total. The van der Waals surface area contributed by atoms with Gasteiger partial charge in [0.15, 0.2) is 16.6 Å². The number of anilines is 1. The van der Waals surface area contributed by atoms with Gasteiger partial charge in [0.1, 0.15) is 0 Å². The second-order valence-electron chi connectivity index (χ2n) is 5.43. The van der Waals surface area contributed by atoms with E-state index in [4.69, 9.17) is 15.2 Å². The van der Waals surface area contributed by atoms with Crippen LogP contribution in [-0.4, -0.2) is 19.2 Å². The smallest absolute Gasteiger partial charge is 0.180 e. The minimum absolute atomic E-state index is 0.0341. The number of rotatable bonds is 4. The van der Waals surface area contributed by atoms with E-state index in [0.717, 1.165) is 30.0 Å². The van der Waals surface area contributed by atoms with Gasteiger partial charge in [0, 0.05) is 10.8 Å². The van der Waals surface area contributed by atoms with Crippen LogP contribution in [0.15, 0.2) is 23.6 Å². The molecule has 1 aliphatic carbocycles. The first kappa shape index (κ1) is 14.2. The highest BCUT2D eigenvalue weighted by molar-refractivity contribution is 7.13. The van der Waals surface area contributed by atoms with Crippen molar-refractivity contribution in [3.05, 3.63) is 34.8 Å². The molecule has 0 radical (unpaired) electrons. The maximum atomic E-state index is 5.85. The molecule has 5 heteroatoms. The summed E-state index contributed by atoms with van der Waals surface area (Å²) in [6.07, 6.45) is 4.63. The molecule has 0 unspecified atom stereocenters. The summed E-state index contributed by atoms with van der Waals surface area (Å²) in [6.45, 7) is 0. The molecular weight excluding hydrogens is 284 g/mol. The van der Waals surface area contributed by atoms with E-state index in [1.54, 1.807) is 14.2 Å². The zero-order valence-electron chi connectivity index (χ0n) is 12.4. The molecule has 0 bridgehead atoms. The van der Waals surface area contributed by atoms with Crippen molar-refractivity contribution >= 4 is 16.5 Å². The Morgan fingerprint density at radius 3 is 2.43 bits per heavy atom. The number of nitrogen functional groups attached to an aromatic ring is 1. The Balaban J connectivity index is 2.10. The molecule has 2 aromatic rings. The van der Waals surface area contributed by atoms with Crippen LogP contribution in [0.5, 0.6) is 11.5 Å². The van der Waals surface area contributed by atoms with E-state index in [1.165, 1.54) is 29.7 Å². The minimum Gasteiger partial charge on any atom is -0.493 e. The number of hydrogen-bond acceptors (Lipinski definition) is 5. The third kappa shape index (κ3) is 2.35. The molecule has 0 atom stereocenters. The largest absolute Gasteiger partial charge is 0.493 e. The van der Waals surface area contributed by atoms with Gasteiger partial charge in [0.05, 0.1) is 19.9 Å². The number of nitrogens with two attached hydrogens (primary N) is 1. The first-order chi connectivity index (χ1) is 10.2. The highest BCUT2D eigenvalue weighted by Crippen LogP contribution is 2.48. The van der Waals surface area contributed by atoms with Crippen molar-refractivity contribution in [2.45, 2.75) is 31.1 Å². The number of benzene rings is 1. The van der Waals surface area contributed by atoms with Gasteiger partial charge in [-0.1, -0.05) is 18.9 Å². The monoisotopic (exact) mass is 304 g/mol. The Kier molecular flexibility index (Phi) is 3.76. The Hall–Kier alpha value is -1.75. The molecule has 21 heavy (non-hydrogen) atoms. The first-order valence-corrected chi connectivity index (χ1v) is 8.01. The van der Waals surface area contributed by atoms with Gasteiger partial charge in [0.25, 0.3) is 0 Å². The van der Waals surface area contributed by atoms with Crippen LogP contribution >= 0.6 is 11.3 Å². The Labute approximate surface area is 128 Å². The number of aromatic nitrogens is 1. The molecule has 0 spiro atoms. The van der Waals surface area contributed by atoms with Crippen LogP contribution in [-0.2, 0) is 5.41 Å². The SMILES string of the molecule is COc1ccc(C2(c3csc(N)n3)CCCC2)cc1OC. The molecule has 1 aromatic heterocycles. The lowest BCUT2D eigenvalue weighted by molar-refractivity contribution is 0.353. The number of nitrogens with zero attached hydrogens (tertiary/aromatic N) is 1. The molecular formula is C16H20N2O2S. The molecule has 1 heterocycles. The standard InChI is InChI=1S/C16H20N2O2S/c1-19-12-6-5-11(9-13(12)20-2)16(7-3-4-8-16)14-10-21-15(17)18-14/h5-6,9-10H,3-4,7-8H2,1-2H3,(H2,17,18). The molecule has 0 aliphatic heterocycles. The summed E-state index contributed by atoms with van der Waals surface area (Å²) in [5.41, 5.74) is 8.14. The van der Waals surface area contributed by atoms with Crippen molar-refractivity contribution in [2.75, 3.05) is 20.0 Å². The molecule has 112 valence electrons. The Bertz CT molecular complexity index is 633. The van der Waals surface area contributed by atoms with Crippen LogP contribution in [0.25, 0.3) is 0 Å². The Morgan fingerprint density at radius 1 is 1.14 bits per heavy atom. The average Bonchev–Trinajstić information content (AvgIpc) is 3.16. The van der Waals surface area contributed by atoms with Crippen LogP contribution in [0, 0.1) is 0 Å². The van der Waals surface area contributed by atoms with Gasteiger partial charge in [-0.2, -0.15) is 0 Å². The van der Waals surface area contributed by atoms with E-state index in [0.29, 0.717) is 5.13 Å². The second-order valence-corrected chi connectivity index (χ2v) is 6.32. The van der Waals surface area contributed by atoms with Crippen molar-refractivity contribution in [3.63, 3.8) is 0 Å². The van der Waals surface area contributed by atoms with E-state index >= 15 is 0 Å². The van der Waals surface area contributed by atoms with Gasteiger partial charge in [-0.15, -0.1) is 11.3 Å². The number of ether oxygens (including phenoxy) is 2. The molecule has 3 rings (SSSR count). The highest BCUT2D eigenvalue weighted by Gasteiger charge is 2.39. The fourth-order valence-corrected chi connectivity index (χ4v) is 3.97. The molecule has 1 fully saturated rings. The number of thiazole rings is 1. The lowest BCUT2D eigenvalue weighted by Gasteiger charge is -2.28. The molecule has 1 aliphatic rings. The van der Waals surface area contributed by atoms with Crippen molar-refractivity contribution in [1.29, 1.82) is 0 Å². The summed E-state index contributed by atoms with van der Waals surface area (Å²) in [7, 11) is 3.33. The Morgan fingerprint density at radius 2 is 1.86 bits per heavy atom. The van der Waals surface area contributed by atoms with Crippen molar-refractivity contribution in [3.8, 4) is 11.5 Å². The van der Waals surface area contributed by atoms with Crippen LogP contribution in [0.1, 0.15) is 36.9 Å². The van der Waals surface area contributed by atoms with Gasteiger partial charge < -0.3 is 15.2 Å². The van der Waals surface area contributed by atoms with Crippen molar-refractivity contribution in [2.24, 2.45) is 0 Å². The summed E-state index contributed by atoms with van der Waals surface area (Å²) in [5, 5.41) is 2.73. The summed E-state index contributed by atoms with van der Waals surface area (Å²) in [4.78, 5) is 4.56. The lowest BCUT2D eigenvalue weighted by atomic mass is 9.76. The molecule has 1 saturated carbocycles. The normalized spacial score (nSPS) is 16.9. The van der Waals surface area contributed by atoms with E-state index in [-0.39, 0.29) is 5.41 Å². The summed E-state index contributed by atoms with van der Waals surface area (Å²) in [5.74, 6) is 1.52. The van der Waals surface area contributed by atoms with E-state index in [1.807, 2.05) is 6.07 Å². The predicted molar refractivity (Wildman–Crippen MR) is 85.3 cm³/mol. The first-order valence-electron chi connectivity index (χ1n) is 7.13. The lowest BCUT2D eigenvalue weighted by Crippen LogP contribution is -2.24. The van der Waals surface area contributed by atoms with Crippen LogP contribution in [0.3, 0.4) is 0 Å². The predicted octanol–water partition coefficient (Wildman–Crippen LogP) is 3.60. The van der Waals surface area contributed by atoms with E-state index in [2.05, 4.69) is 22.5 Å². The van der Waals surface area contributed by atoms with Gasteiger partial charge in [-0.3, -0.25) is 0 Å². The number of methoxy groups -OCH3 is 2. The van der Waals surface area contributed by atoms with Gasteiger partial charge in [-0.25, -0.2) is 4.98 Å². The van der Waals surface area contributed by atoms with Gasteiger partial charge in [-0.05, 0) is 30.5 Å². The third-order valence-corrected chi connectivity index (χ3v) is 5.08. The van der Waals surface area contributed by atoms with Crippen molar-refractivity contribution < 1.29 is 9.47 Å². The van der Waals surface area contributed by atoms with E-state index < -0.39 is 0 Å². The fraction of sp³-hybridized carbons (Fsp3) is 0.438. The molecule has 1 aromatic carbocycles. The van der Waals surface area contributed by atoms with Crippen LogP contribution < -0.4 is 15.2 Å². The molecule has 0 saturated heterocycles. The van der Waals surface area contributed by atoms with Crippen LogP contribution in [0.4, 0.5) is 5.13 Å². The van der Waals surface area contributed by atoms with E-state index in [9.17, 15) is 0 Å². The maximum absolute atomic E-state index is 5.85. The average molecular weight is 304 g/mol. The van der Waals surface area contributed by atoms with Crippen LogP contribution in [0.2, 0.25) is 0 Å². The second kappa shape index (κ2) is 5.56. The minimum atomic E-state index is -0.0341. The topological polar surface area (TPSA) is 57.4 Å². The van der Waals surface area contributed by atoms with Gasteiger partial charge >= 0.3 is 0 Å². The molecule has 0 amide bonds. The zero-order valence-corrected chi connectivity index (χ0v) is 13.2. The summed E-state index contributed by atoms with van der Waals surface area (Å²) >= 11 is 1.51. The number of hydrogen-bond donors (Lipinski definition) is 1. The molecule has 2 N–H and O–H groups in total.